The van der Waals surface area contributed by atoms with Crippen molar-refractivity contribution in [3.63, 3.8) is 0 Å². The first-order valence-electron chi connectivity index (χ1n) is 18.6. The first kappa shape index (κ1) is 31.9. The monoisotopic (exact) mass is 694 g/mol. The number of nitrogens with zero attached hydrogens (tertiary/aromatic N) is 2. The zero-order valence-electron chi connectivity index (χ0n) is 30.3. The van der Waals surface area contributed by atoms with E-state index in [2.05, 4.69) is 206 Å². The number of benzene rings is 8. The van der Waals surface area contributed by atoms with Crippen molar-refractivity contribution in [2.75, 3.05) is 9.80 Å². The molecule has 0 fully saturated rings. The van der Waals surface area contributed by atoms with E-state index in [1.54, 1.807) is 0 Å². The molecule has 0 bridgehead atoms. The molecular formula is C51H38N2O. The van der Waals surface area contributed by atoms with Gasteiger partial charge in [-0.3, -0.25) is 0 Å². The quantitative estimate of drug-likeness (QED) is 0.172. The molecule has 0 amide bonds. The van der Waals surface area contributed by atoms with Gasteiger partial charge in [0.2, 0.25) is 0 Å². The Hall–Kier alpha value is -6.84. The number of anilines is 6. The molecule has 1 aliphatic heterocycles. The molecule has 0 N–H and O–H groups in total. The molecule has 0 radical (unpaired) electrons. The summed E-state index contributed by atoms with van der Waals surface area (Å²) < 4.78 is 6.70. The summed E-state index contributed by atoms with van der Waals surface area (Å²) in [6.45, 7) is 4.68. The lowest BCUT2D eigenvalue weighted by Gasteiger charge is -2.34. The predicted molar refractivity (Wildman–Crippen MR) is 224 cm³/mol. The van der Waals surface area contributed by atoms with Crippen molar-refractivity contribution >= 4 is 34.1 Å². The van der Waals surface area contributed by atoms with Crippen LogP contribution in [-0.4, -0.2) is 0 Å². The maximum absolute atomic E-state index is 6.70. The molecule has 258 valence electrons. The highest BCUT2D eigenvalue weighted by Gasteiger charge is 2.36. The van der Waals surface area contributed by atoms with Gasteiger partial charge in [0.25, 0.3) is 0 Å². The van der Waals surface area contributed by atoms with Crippen molar-refractivity contribution in [1.29, 1.82) is 0 Å². The molecule has 54 heavy (non-hydrogen) atoms. The largest absolute Gasteiger partial charge is 0.453 e. The van der Waals surface area contributed by atoms with Crippen LogP contribution in [0.25, 0.3) is 33.4 Å². The van der Waals surface area contributed by atoms with Crippen molar-refractivity contribution in [3.05, 3.63) is 205 Å². The van der Waals surface area contributed by atoms with Crippen LogP contribution in [0.1, 0.15) is 25.0 Å². The van der Waals surface area contributed by atoms with Gasteiger partial charge in [-0.15, -0.1) is 0 Å². The van der Waals surface area contributed by atoms with Crippen LogP contribution >= 0.6 is 0 Å². The number of para-hydroxylation sites is 3. The van der Waals surface area contributed by atoms with Crippen LogP contribution in [0, 0.1) is 0 Å². The summed E-state index contributed by atoms with van der Waals surface area (Å²) in [5.41, 5.74) is 16.3. The van der Waals surface area contributed by atoms with E-state index in [1.165, 1.54) is 44.5 Å². The minimum Gasteiger partial charge on any atom is -0.453 e. The Morgan fingerprint density at radius 1 is 0.407 bits per heavy atom. The van der Waals surface area contributed by atoms with Gasteiger partial charge >= 0.3 is 0 Å². The van der Waals surface area contributed by atoms with Crippen molar-refractivity contribution in [1.82, 2.24) is 0 Å². The van der Waals surface area contributed by atoms with Crippen molar-refractivity contribution < 1.29 is 4.74 Å². The van der Waals surface area contributed by atoms with Gasteiger partial charge in [0.1, 0.15) is 0 Å². The molecule has 0 unspecified atom stereocenters. The lowest BCUT2D eigenvalue weighted by Crippen LogP contribution is -2.18. The fraction of sp³-hybridized carbons (Fsp3) is 0.0588. The normalized spacial score (nSPS) is 13.3. The maximum atomic E-state index is 6.70. The number of hydrogen-bond donors (Lipinski definition) is 0. The van der Waals surface area contributed by atoms with E-state index >= 15 is 0 Å². The second-order valence-electron chi connectivity index (χ2n) is 14.6. The number of ether oxygens (including phenoxy) is 1. The van der Waals surface area contributed by atoms with E-state index in [0.29, 0.717) is 0 Å². The molecule has 3 heteroatoms. The molecule has 0 saturated heterocycles. The maximum Gasteiger partial charge on any atom is 0.153 e. The fourth-order valence-corrected chi connectivity index (χ4v) is 8.33. The highest BCUT2D eigenvalue weighted by atomic mass is 16.5. The Morgan fingerprint density at radius 2 is 0.981 bits per heavy atom. The topological polar surface area (TPSA) is 15.7 Å². The first-order chi connectivity index (χ1) is 26.5. The molecule has 10 rings (SSSR count). The minimum absolute atomic E-state index is 0.125. The van der Waals surface area contributed by atoms with Crippen molar-refractivity contribution in [2.45, 2.75) is 19.3 Å². The average Bonchev–Trinajstić information content (AvgIpc) is 3.46. The fourth-order valence-electron chi connectivity index (χ4n) is 8.33. The van der Waals surface area contributed by atoms with Gasteiger partial charge in [-0.25, -0.2) is 0 Å². The summed E-state index contributed by atoms with van der Waals surface area (Å²) in [4.78, 5) is 4.65. The summed E-state index contributed by atoms with van der Waals surface area (Å²) in [6, 6.07) is 69.5. The molecule has 0 saturated carbocycles. The third kappa shape index (κ3) is 5.28. The third-order valence-corrected chi connectivity index (χ3v) is 11.0. The zero-order chi connectivity index (χ0) is 36.2. The van der Waals surface area contributed by atoms with Crippen LogP contribution < -0.4 is 14.5 Å². The summed E-state index contributed by atoms with van der Waals surface area (Å²) in [5, 5.41) is 0. The summed E-state index contributed by atoms with van der Waals surface area (Å²) in [5.74, 6) is 1.64. The van der Waals surface area contributed by atoms with Gasteiger partial charge in [-0.2, -0.15) is 0 Å². The van der Waals surface area contributed by atoms with E-state index in [9.17, 15) is 0 Å². The van der Waals surface area contributed by atoms with Crippen molar-refractivity contribution in [2.24, 2.45) is 0 Å². The summed E-state index contributed by atoms with van der Waals surface area (Å²) in [7, 11) is 0. The summed E-state index contributed by atoms with van der Waals surface area (Å²) >= 11 is 0. The second-order valence-corrected chi connectivity index (χ2v) is 14.6. The highest BCUT2D eigenvalue weighted by molar-refractivity contribution is 5.90. The van der Waals surface area contributed by atoms with Crippen LogP contribution in [0.15, 0.2) is 194 Å². The molecule has 2 aliphatic rings. The SMILES string of the molecule is CC1(C)c2ccccc2-c2ccc(N(c3ccc(-c4cccc(-c5ccccc5)c4)cc3)c3ccc4c(c3)Oc3ccccc3N4c3ccccc3)cc21. The molecule has 8 aromatic rings. The third-order valence-electron chi connectivity index (χ3n) is 11.0. The molecule has 0 atom stereocenters. The molecule has 0 aromatic heterocycles. The molecule has 0 spiro atoms. The lowest BCUT2D eigenvalue weighted by atomic mass is 9.82. The van der Waals surface area contributed by atoms with E-state index in [-0.39, 0.29) is 5.41 Å². The van der Waals surface area contributed by atoms with Gasteiger partial charge in [-0.05, 0) is 111 Å². The second kappa shape index (κ2) is 12.7. The molecular weight excluding hydrogens is 657 g/mol. The lowest BCUT2D eigenvalue weighted by molar-refractivity contribution is 0.477. The Morgan fingerprint density at radius 3 is 1.78 bits per heavy atom. The molecule has 3 nitrogen and oxygen atoms in total. The molecule has 8 aromatic carbocycles. The van der Waals surface area contributed by atoms with E-state index in [1.807, 2.05) is 12.1 Å². The van der Waals surface area contributed by atoms with Crippen molar-refractivity contribution in [3.8, 4) is 44.9 Å². The Balaban J connectivity index is 1.10. The smallest absolute Gasteiger partial charge is 0.153 e. The Bertz CT molecular complexity index is 2660. The first-order valence-corrected chi connectivity index (χ1v) is 18.6. The van der Waals surface area contributed by atoms with Gasteiger partial charge < -0.3 is 14.5 Å². The molecule has 1 heterocycles. The average molecular weight is 695 g/mol. The Labute approximate surface area is 317 Å². The number of hydrogen-bond acceptors (Lipinski definition) is 3. The van der Waals surface area contributed by atoms with Gasteiger partial charge in [0, 0.05) is 34.2 Å². The zero-order valence-corrected chi connectivity index (χ0v) is 30.3. The van der Waals surface area contributed by atoms with Crippen LogP contribution in [0.3, 0.4) is 0 Å². The van der Waals surface area contributed by atoms with Gasteiger partial charge in [-0.1, -0.05) is 135 Å². The van der Waals surface area contributed by atoms with Crippen LogP contribution in [-0.2, 0) is 5.41 Å². The minimum atomic E-state index is -0.125. The van der Waals surface area contributed by atoms with E-state index < -0.39 is 0 Å². The van der Waals surface area contributed by atoms with Gasteiger partial charge in [0.15, 0.2) is 11.5 Å². The predicted octanol–water partition coefficient (Wildman–Crippen LogP) is 14.4. The molecule has 1 aliphatic carbocycles. The van der Waals surface area contributed by atoms with Crippen LogP contribution in [0.2, 0.25) is 0 Å². The van der Waals surface area contributed by atoms with Crippen LogP contribution in [0.4, 0.5) is 34.1 Å². The standard InChI is InChI=1S/C51H38N2O/c1-51(2)45-21-10-9-20-43(45)44-30-28-41(33-46(44)51)52(40-26-24-36(25-27-40)38-17-13-16-37(32-38)35-14-5-3-6-15-35)42-29-31-48-50(34-42)54-49-23-12-11-22-47(49)53(48)39-18-7-4-8-19-39/h3-34H,1-2H3. The summed E-state index contributed by atoms with van der Waals surface area (Å²) in [6.07, 6.45) is 0. The van der Waals surface area contributed by atoms with E-state index in [4.69, 9.17) is 4.74 Å². The Kier molecular flexibility index (Phi) is 7.48. The highest BCUT2D eigenvalue weighted by Crippen LogP contribution is 2.54. The van der Waals surface area contributed by atoms with E-state index in [0.717, 1.165) is 45.6 Å². The van der Waals surface area contributed by atoms with Gasteiger partial charge in [0.05, 0.1) is 11.4 Å². The number of rotatable bonds is 6. The van der Waals surface area contributed by atoms with Crippen LogP contribution in [0.5, 0.6) is 11.5 Å². The number of fused-ring (bicyclic) bond motifs is 5.